The number of rotatable bonds is 1. The summed E-state index contributed by atoms with van der Waals surface area (Å²) in [4.78, 5) is 16.2. The highest BCUT2D eigenvalue weighted by Gasteiger charge is 2.45. The maximum atomic E-state index is 13.1. The normalized spacial score (nSPS) is 22.8. The second kappa shape index (κ2) is 6.21. The van der Waals surface area contributed by atoms with Gasteiger partial charge >= 0.3 is 12.3 Å². The number of hydrogen-bond donors (Lipinski definition) is 0. The van der Waals surface area contributed by atoms with Crippen molar-refractivity contribution in [3.05, 3.63) is 18.0 Å². The fourth-order valence-electron chi connectivity index (χ4n) is 3.83. The molecule has 1 amide bonds. The van der Waals surface area contributed by atoms with Crippen LogP contribution in [0, 0.1) is 0 Å². The minimum absolute atomic E-state index is 0.0337. The van der Waals surface area contributed by atoms with E-state index in [2.05, 4.69) is 15.3 Å². The average molecular weight is 398 g/mol. The lowest BCUT2D eigenvalue weighted by molar-refractivity contribution is -0.146. The van der Waals surface area contributed by atoms with Crippen LogP contribution in [0.3, 0.4) is 0 Å². The quantitative estimate of drug-likeness (QED) is 0.735. The van der Waals surface area contributed by atoms with E-state index >= 15 is 0 Å². The molecule has 152 valence electrons. The standard InChI is InChI=1S/C17H21F3N6O2/c1-16(2,3)28-15(27)25-10-4-5-11(25)9-24(8-10)13-7-6-12-21-22-14(17(18,19)20)26(12)23-13/h6-7,10-11H,4-5,8-9H2,1-3H3/t10-,11+. The summed E-state index contributed by atoms with van der Waals surface area (Å²) in [5.74, 6) is -0.752. The van der Waals surface area contributed by atoms with E-state index in [1.807, 2.05) is 25.7 Å². The number of piperazine rings is 1. The maximum absolute atomic E-state index is 13.1. The van der Waals surface area contributed by atoms with Gasteiger partial charge in [0, 0.05) is 13.1 Å². The van der Waals surface area contributed by atoms with Gasteiger partial charge in [-0.2, -0.15) is 17.7 Å². The molecule has 0 radical (unpaired) electrons. The van der Waals surface area contributed by atoms with Crippen molar-refractivity contribution in [2.24, 2.45) is 0 Å². The number of ether oxygens (including phenoxy) is 1. The minimum atomic E-state index is -4.64. The molecule has 2 aromatic heterocycles. The highest BCUT2D eigenvalue weighted by Crippen LogP contribution is 2.34. The Hall–Kier alpha value is -2.59. The predicted molar refractivity (Wildman–Crippen MR) is 92.9 cm³/mol. The lowest BCUT2D eigenvalue weighted by Crippen LogP contribution is -2.57. The van der Waals surface area contributed by atoms with Gasteiger partial charge in [0.1, 0.15) is 11.4 Å². The third kappa shape index (κ3) is 3.33. The van der Waals surface area contributed by atoms with Gasteiger partial charge in [0.2, 0.25) is 0 Å². The van der Waals surface area contributed by atoms with Gasteiger partial charge in [-0.25, -0.2) is 4.79 Å². The lowest BCUT2D eigenvalue weighted by Gasteiger charge is -2.41. The number of alkyl halides is 3. The van der Waals surface area contributed by atoms with Gasteiger partial charge in [-0.05, 0) is 45.7 Å². The molecule has 0 spiro atoms. The Labute approximate surface area is 159 Å². The predicted octanol–water partition coefficient (Wildman–Crippen LogP) is 2.73. The van der Waals surface area contributed by atoms with E-state index in [0.29, 0.717) is 18.9 Å². The number of hydrogen-bond acceptors (Lipinski definition) is 6. The van der Waals surface area contributed by atoms with Crippen LogP contribution in [0.5, 0.6) is 0 Å². The first-order chi connectivity index (χ1) is 13.0. The number of anilines is 1. The third-order valence-electron chi connectivity index (χ3n) is 4.91. The van der Waals surface area contributed by atoms with E-state index < -0.39 is 17.6 Å². The number of nitrogens with zero attached hydrogens (tertiary/aromatic N) is 6. The summed E-state index contributed by atoms with van der Waals surface area (Å²) in [7, 11) is 0. The first kappa shape index (κ1) is 18.8. The molecule has 0 aliphatic carbocycles. The molecule has 0 aromatic carbocycles. The summed E-state index contributed by atoms with van der Waals surface area (Å²) in [5, 5.41) is 10.8. The van der Waals surface area contributed by atoms with E-state index in [9.17, 15) is 18.0 Å². The van der Waals surface area contributed by atoms with E-state index in [1.165, 1.54) is 6.07 Å². The fourth-order valence-corrected chi connectivity index (χ4v) is 3.83. The second-order valence-corrected chi connectivity index (χ2v) is 8.16. The van der Waals surface area contributed by atoms with Gasteiger partial charge in [-0.1, -0.05) is 0 Å². The summed E-state index contributed by atoms with van der Waals surface area (Å²) in [6, 6.07) is 2.97. The second-order valence-electron chi connectivity index (χ2n) is 8.16. The third-order valence-corrected chi connectivity index (χ3v) is 4.91. The largest absolute Gasteiger partial charge is 0.453 e. The number of halogens is 3. The minimum Gasteiger partial charge on any atom is -0.444 e. The lowest BCUT2D eigenvalue weighted by atomic mass is 10.2. The Morgan fingerprint density at radius 1 is 1.11 bits per heavy atom. The van der Waals surface area contributed by atoms with Crippen molar-refractivity contribution in [2.45, 2.75) is 57.5 Å². The summed E-state index contributed by atoms with van der Waals surface area (Å²) >= 11 is 0. The van der Waals surface area contributed by atoms with Crippen LogP contribution in [0.4, 0.5) is 23.8 Å². The fraction of sp³-hybridized carbons (Fsp3) is 0.647. The van der Waals surface area contributed by atoms with E-state index in [0.717, 1.165) is 17.4 Å². The van der Waals surface area contributed by atoms with Crippen LogP contribution in [0.25, 0.3) is 5.65 Å². The molecule has 2 saturated heterocycles. The molecule has 4 heterocycles. The van der Waals surface area contributed by atoms with Crippen LogP contribution in [-0.2, 0) is 10.9 Å². The molecular formula is C17H21F3N6O2. The average Bonchev–Trinajstić information content (AvgIpc) is 3.11. The van der Waals surface area contributed by atoms with Gasteiger partial charge in [0.05, 0.1) is 12.1 Å². The first-order valence-corrected chi connectivity index (χ1v) is 9.09. The molecule has 2 aromatic rings. The highest BCUT2D eigenvalue weighted by atomic mass is 19.4. The van der Waals surface area contributed by atoms with Gasteiger partial charge in [0.25, 0.3) is 5.82 Å². The van der Waals surface area contributed by atoms with Crippen LogP contribution in [0.15, 0.2) is 12.1 Å². The zero-order valence-electron chi connectivity index (χ0n) is 15.8. The van der Waals surface area contributed by atoms with Gasteiger partial charge < -0.3 is 9.64 Å². The number of fused-ring (bicyclic) bond motifs is 3. The van der Waals surface area contributed by atoms with Crippen LogP contribution >= 0.6 is 0 Å². The van der Waals surface area contributed by atoms with E-state index in [4.69, 9.17) is 4.74 Å². The summed E-state index contributed by atoms with van der Waals surface area (Å²) in [6.45, 7) is 6.42. The molecule has 2 atom stereocenters. The van der Waals surface area contributed by atoms with Crippen molar-refractivity contribution >= 4 is 17.6 Å². The molecular weight excluding hydrogens is 377 g/mol. The van der Waals surface area contributed by atoms with Crippen LogP contribution in [0.1, 0.15) is 39.4 Å². The molecule has 11 heteroatoms. The van der Waals surface area contributed by atoms with Crippen molar-refractivity contribution in [3.63, 3.8) is 0 Å². The molecule has 8 nitrogen and oxygen atoms in total. The van der Waals surface area contributed by atoms with Crippen LogP contribution in [0.2, 0.25) is 0 Å². The van der Waals surface area contributed by atoms with Gasteiger partial charge in [-0.15, -0.1) is 15.3 Å². The smallest absolute Gasteiger partial charge is 0.444 e. The van der Waals surface area contributed by atoms with E-state index in [-0.39, 0.29) is 23.8 Å². The number of carbonyl (C=O) groups is 1. The topological polar surface area (TPSA) is 75.9 Å². The van der Waals surface area contributed by atoms with Gasteiger partial charge in [-0.3, -0.25) is 4.90 Å². The molecule has 0 N–H and O–H groups in total. The van der Waals surface area contributed by atoms with E-state index in [1.54, 1.807) is 11.0 Å². The van der Waals surface area contributed by atoms with Crippen molar-refractivity contribution in [2.75, 3.05) is 18.0 Å². The molecule has 0 saturated carbocycles. The zero-order valence-corrected chi connectivity index (χ0v) is 15.8. The van der Waals surface area contributed by atoms with Crippen molar-refractivity contribution in [1.29, 1.82) is 0 Å². The van der Waals surface area contributed by atoms with Gasteiger partial charge in [0.15, 0.2) is 5.65 Å². The number of amides is 1. The molecule has 0 unspecified atom stereocenters. The van der Waals surface area contributed by atoms with Crippen LogP contribution in [-0.4, -0.2) is 61.6 Å². The summed E-state index contributed by atoms with van der Waals surface area (Å²) in [6.07, 6.45) is -3.34. The number of carbonyl (C=O) groups excluding carboxylic acids is 1. The Balaban J connectivity index is 1.57. The van der Waals surface area contributed by atoms with Crippen molar-refractivity contribution < 1.29 is 22.7 Å². The molecule has 4 rings (SSSR count). The molecule has 2 aliphatic heterocycles. The zero-order chi connectivity index (χ0) is 20.3. The first-order valence-electron chi connectivity index (χ1n) is 9.09. The molecule has 2 bridgehead atoms. The maximum Gasteiger partial charge on any atom is 0.453 e. The Morgan fingerprint density at radius 3 is 2.32 bits per heavy atom. The molecule has 28 heavy (non-hydrogen) atoms. The van der Waals surface area contributed by atoms with Crippen molar-refractivity contribution in [1.82, 2.24) is 24.7 Å². The van der Waals surface area contributed by atoms with Crippen LogP contribution < -0.4 is 4.90 Å². The Kier molecular flexibility index (Phi) is 4.16. The summed E-state index contributed by atoms with van der Waals surface area (Å²) in [5.41, 5.74) is -0.547. The highest BCUT2D eigenvalue weighted by molar-refractivity contribution is 5.70. The SMILES string of the molecule is CC(C)(C)OC(=O)N1[C@@H]2CC[C@H]1CN(c1ccc3nnc(C(F)(F)F)n3n1)C2. The number of aromatic nitrogens is 4. The molecule has 2 fully saturated rings. The Bertz CT molecular complexity index is 892. The molecule has 2 aliphatic rings. The summed E-state index contributed by atoms with van der Waals surface area (Å²) < 4.78 is 45.5. The monoisotopic (exact) mass is 398 g/mol. The van der Waals surface area contributed by atoms with Crippen molar-refractivity contribution in [3.8, 4) is 0 Å². The Morgan fingerprint density at radius 2 is 1.75 bits per heavy atom.